The van der Waals surface area contributed by atoms with Crippen molar-refractivity contribution in [1.82, 2.24) is 10.6 Å². The highest BCUT2D eigenvalue weighted by molar-refractivity contribution is 7.99. The van der Waals surface area contributed by atoms with E-state index in [0.29, 0.717) is 13.2 Å². The fourth-order valence-corrected chi connectivity index (χ4v) is 1.87. The van der Waals surface area contributed by atoms with Gasteiger partial charge in [-0.05, 0) is 6.42 Å². The first-order valence-corrected chi connectivity index (χ1v) is 6.29. The minimum Gasteiger partial charge on any atom is -0.379 e. The molecule has 1 fully saturated rings. The number of thioether (sulfide) groups is 1. The molecule has 1 aliphatic rings. The number of urea groups is 1. The number of amides is 2. The van der Waals surface area contributed by atoms with Gasteiger partial charge in [-0.1, -0.05) is 6.08 Å². The molecule has 0 aromatic carbocycles. The topological polar surface area (TPSA) is 50.4 Å². The number of nitrogens with one attached hydrogen (secondary N) is 2. The van der Waals surface area contributed by atoms with E-state index in [4.69, 9.17) is 4.74 Å². The summed E-state index contributed by atoms with van der Waals surface area (Å²) in [5.74, 6) is 1.85. The maximum absolute atomic E-state index is 11.3. The normalized spacial score (nSPS) is 19.9. The van der Waals surface area contributed by atoms with Crippen LogP contribution in [-0.4, -0.2) is 43.3 Å². The van der Waals surface area contributed by atoms with Crippen molar-refractivity contribution in [1.29, 1.82) is 0 Å². The van der Waals surface area contributed by atoms with Crippen LogP contribution >= 0.6 is 11.8 Å². The van der Waals surface area contributed by atoms with Gasteiger partial charge in [-0.2, -0.15) is 11.8 Å². The Morgan fingerprint density at radius 3 is 3.20 bits per heavy atom. The van der Waals surface area contributed by atoms with Crippen LogP contribution < -0.4 is 10.6 Å². The van der Waals surface area contributed by atoms with Crippen LogP contribution in [0.25, 0.3) is 0 Å². The molecule has 0 spiro atoms. The Morgan fingerprint density at radius 1 is 1.67 bits per heavy atom. The maximum Gasteiger partial charge on any atom is 0.315 e. The van der Waals surface area contributed by atoms with Crippen LogP contribution in [0.1, 0.15) is 6.42 Å². The highest BCUT2D eigenvalue weighted by atomic mass is 32.2. The van der Waals surface area contributed by atoms with Crippen LogP contribution in [0.4, 0.5) is 4.79 Å². The SMILES string of the molecule is C=CCSCCNC(=O)NC1CCOC1. The van der Waals surface area contributed by atoms with E-state index >= 15 is 0 Å². The van der Waals surface area contributed by atoms with Crippen molar-refractivity contribution in [3.05, 3.63) is 12.7 Å². The summed E-state index contributed by atoms with van der Waals surface area (Å²) < 4.78 is 5.16. The third-order valence-corrected chi connectivity index (χ3v) is 3.00. The summed E-state index contributed by atoms with van der Waals surface area (Å²) in [7, 11) is 0. The van der Waals surface area contributed by atoms with Gasteiger partial charge in [-0.15, -0.1) is 6.58 Å². The lowest BCUT2D eigenvalue weighted by atomic mass is 10.3. The zero-order chi connectivity index (χ0) is 10.9. The summed E-state index contributed by atoms with van der Waals surface area (Å²) >= 11 is 1.75. The summed E-state index contributed by atoms with van der Waals surface area (Å²) in [5, 5.41) is 5.67. The number of rotatable bonds is 6. The molecule has 1 atom stereocenters. The molecule has 1 aliphatic heterocycles. The molecule has 86 valence electrons. The van der Waals surface area contributed by atoms with Crippen LogP contribution in [0.5, 0.6) is 0 Å². The van der Waals surface area contributed by atoms with Crippen LogP contribution in [0.15, 0.2) is 12.7 Å². The lowest BCUT2D eigenvalue weighted by Gasteiger charge is -2.11. The summed E-state index contributed by atoms with van der Waals surface area (Å²) in [6, 6.07) is 0.0931. The van der Waals surface area contributed by atoms with Gasteiger partial charge in [0.05, 0.1) is 12.6 Å². The first-order chi connectivity index (χ1) is 7.33. The van der Waals surface area contributed by atoms with E-state index in [1.54, 1.807) is 11.8 Å². The van der Waals surface area contributed by atoms with Crippen molar-refractivity contribution in [2.24, 2.45) is 0 Å². The molecule has 0 bridgehead atoms. The second-order valence-electron chi connectivity index (χ2n) is 3.32. The summed E-state index contributed by atoms with van der Waals surface area (Å²) in [6.45, 7) is 5.71. The Hall–Kier alpha value is -0.680. The molecule has 2 amide bonds. The Kier molecular flexibility index (Phi) is 6.27. The summed E-state index contributed by atoms with van der Waals surface area (Å²) in [5.41, 5.74) is 0. The molecule has 0 aliphatic carbocycles. The minimum absolute atomic E-state index is 0.0929. The Labute approximate surface area is 94.8 Å². The molecule has 1 unspecified atom stereocenters. The van der Waals surface area contributed by atoms with Crippen LogP contribution in [0, 0.1) is 0 Å². The lowest BCUT2D eigenvalue weighted by molar-refractivity contribution is 0.188. The maximum atomic E-state index is 11.3. The molecule has 0 saturated carbocycles. The van der Waals surface area contributed by atoms with E-state index in [9.17, 15) is 4.79 Å². The molecule has 0 aromatic heterocycles. The molecule has 0 aromatic rings. The zero-order valence-electron chi connectivity index (χ0n) is 8.83. The van der Waals surface area contributed by atoms with Crippen molar-refractivity contribution < 1.29 is 9.53 Å². The summed E-state index contributed by atoms with van der Waals surface area (Å²) in [4.78, 5) is 11.3. The highest BCUT2D eigenvalue weighted by Crippen LogP contribution is 2.02. The predicted octanol–water partition coefficient (Wildman–Crippen LogP) is 0.994. The number of ether oxygens (including phenoxy) is 1. The Morgan fingerprint density at radius 2 is 2.53 bits per heavy atom. The third kappa shape index (κ3) is 5.69. The summed E-state index contributed by atoms with van der Waals surface area (Å²) in [6.07, 6.45) is 2.78. The van der Waals surface area contributed by atoms with E-state index in [2.05, 4.69) is 17.2 Å². The van der Waals surface area contributed by atoms with E-state index in [0.717, 1.165) is 24.5 Å². The van der Waals surface area contributed by atoms with Gasteiger partial charge in [0.25, 0.3) is 0 Å². The van der Waals surface area contributed by atoms with Gasteiger partial charge in [0.2, 0.25) is 0 Å². The molecule has 4 nitrogen and oxygen atoms in total. The number of carbonyl (C=O) groups is 1. The number of hydrogen-bond acceptors (Lipinski definition) is 3. The second-order valence-corrected chi connectivity index (χ2v) is 4.47. The van der Waals surface area contributed by atoms with E-state index in [1.165, 1.54) is 0 Å². The molecule has 1 saturated heterocycles. The largest absolute Gasteiger partial charge is 0.379 e. The Balaban J connectivity index is 1.95. The van der Waals surface area contributed by atoms with Crippen LogP contribution in [0.2, 0.25) is 0 Å². The molecule has 15 heavy (non-hydrogen) atoms. The smallest absolute Gasteiger partial charge is 0.315 e. The molecule has 1 rings (SSSR count). The van der Waals surface area contributed by atoms with Crippen LogP contribution in [0.3, 0.4) is 0 Å². The first kappa shape index (κ1) is 12.4. The molecular formula is C10H18N2O2S. The lowest BCUT2D eigenvalue weighted by Crippen LogP contribution is -2.43. The van der Waals surface area contributed by atoms with Gasteiger partial charge in [0.15, 0.2) is 0 Å². The highest BCUT2D eigenvalue weighted by Gasteiger charge is 2.16. The monoisotopic (exact) mass is 230 g/mol. The van der Waals surface area contributed by atoms with Gasteiger partial charge < -0.3 is 15.4 Å². The molecular weight excluding hydrogens is 212 g/mol. The fraction of sp³-hybridized carbons (Fsp3) is 0.700. The average molecular weight is 230 g/mol. The van der Waals surface area contributed by atoms with Crippen LogP contribution in [-0.2, 0) is 4.74 Å². The van der Waals surface area contributed by atoms with Gasteiger partial charge in [0.1, 0.15) is 0 Å². The molecule has 1 heterocycles. The van der Waals surface area contributed by atoms with Gasteiger partial charge in [0, 0.05) is 24.7 Å². The molecule has 0 radical (unpaired) electrons. The van der Waals surface area contributed by atoms with E-state index in [-0.39, 0.29) is 12.1 Å². The standard InChI is InChI=1S/C10H18N2O2S/c1-2-6-15-7-4-11-10(13)12-9-3-5-14-8-9/h2,9H,1,3-8H2,(H2,11,12,13). The first-order valence-electron chi connectivity index (χ1n) is 5.13. The van der Waals surface area contributed by atoms with Crippen molar-refractivity contribution in [3.8, 4) is 0 Å². The fourth-order valence-electron chi connectivity index (χ4n) is 1.29. The Bertz CT molecular complexity index is 206. The predicted molar refractivity (Wildman–Crippen MR) is 63.3 cm³/mol. The number of hydrogen-bond donors (Lipinski definition) is 2. The van der Waals surface area contributed by atoms with Crippen molar-refractivity contribution in [3.63, 3.8) is 0 Å². The van der Waals surface area contributed by atoms with Crippen molar-refractivity contribution in [2.45, 2.75) is 12.5 Å². The van der Waals surface area contributed by atoms with Crippen molar-refractivity contribution >= 4 is 17.8 Å². The third-order valence-electron chi connectivity index (χ3n) is 2.03. The van der Waals surface area contributed by atoms with E-state index < -0.39 is 0 Å². The zero-order valence-corrected chi connectivity index (χ0v) is 9.65. The number of carbonyl (C=O) groups excluding carboxylic acids is 1. The molecule has 5 heteroatoms. The quantitative estimate of drug-likeness (QED) is 0.528. The molecule has 2 N–H and O–H groups in total. The van der Waals surface area contributed by atoms with Gasteiger partial charge in [-0.25, -0.2) is 4.79 Å². The van der Waals surface area contributed by atoms with Crippen molar-refractivity contribution in [2.75, 3.05) is 31.3 Å². The second kappa shape index (κ2) is 7.59. The minimum atomic E-state index is -0.0929. The van der Waals surface area contributed by atoms with E-state index in [1.807, 2.05) is 6.08 Å². The van der Waals surface area contributed by atoms with Gasteiger partial charge in [-0.3, -0.25) is 0 Å². The average Bonchev–Trinajstić information content (AvgIpc) is 2.70. The van der Waals surface area contributed by atoms with Gasteiger partial charge >= 0.3 is 6.03 Å².